The molecule has 0 aliphatic heterocycles. The van der Waals surface area contributed by atoms with E-state index in [0.717, 1.165) is 40.3 Å². The Morgan fingerprint density at radius 1 is 1.19 bits per heavy atom. The van der Waals surface area contributed by atoms with E-state index in [-0.39, 0.29) is 5.91 Å². The van der Waals surface area contributed by atoms with Crippen LogP contribution in [0.4, 0.5) is 5.82 Å². The number of rotatable bonds is 6. The second-order valence-electron chi connectivity index (χ2n) is 8.93. The molecule has 0 atom stereocenters. The molecule has 0 saturated heterocycles. The van der Waals surface area contributed by atoms with Crippen LogP contribution < -0.4 is 15.8 Å². The van der Waals surface area contributed by atoms with Gasteiger partial charge in [0.1, 0.15) is 23.6 Å². The minimum atomic E-state index is -0.245. The van der Waals surface area contributed by atoms with E-state index < -0.39 is 0 Å². The molecule has 1 fully saturated rings. The van der Waals surface area contributed by atoms with Gasteiger partial charge in [0.05, 0.1) is 41.5 Å². The molecular formula is C25H25N9O2. The number of carbonyl (C=O) groups is 1. The molecule has 1 saturated carbocycles. The molecule has 6 rings (SSSR count). The highest BCUT2D eigenvalue weighted by Gasteiger charge is 2.25. The summed E-state index contributed by atoms with van der Waals surface area (Å²) in [7, 11) is 1.53. The molecule has 4 aromatic heterocycles. The maximum absolute atomic E-state index is 12.9. The fourth-order valence-corrected chi connectivity index (χ4v) is 4.84. The summed E-state index contributed by atoms with van der Waals surface area (Å²) < 4.78 is 7.38. The molecule has 11 nitrogen and oxygen atoms in total. The Kier molecular flexibility index (Phi) is 5.44. The summed E-state index contributed by atoms with van der Waals surface area (Å²) in [6.45, 7) is 0.307. The van der Waals surface area contributed by atoms with Crippen molar-refractivity contribution in [3.8, 4) is 17.1 Å². The van der Waals surface area contributed by atoms with Gasteiger partial charge in [-0.3, -0.25) is 14.9 Å². The monoisotopic (exact) mass is 483 g/mol. The van der Waals surface area contributed by atoms with Crippen LogP contribution in [0.15, 0.2) is 43.0 Å². The van der Waals surface area contributed by atoms with Gasteiger partial charge in [0, 0.05) is 24.2 Å². The summed E-state index contributed by atoms with van der Waals surface area (Å²) in [6, 6.07) is 7.63. The fourth-order valence-electron chi connectivity index (χ4n) is 4.84. The van der Waals surface area contributed by atoms with Crippen LogP contribution in [0.2, 0.25) is 0 Å². The first kappa shape index (κ1) is 22.0. The standard InChI is InChI=1S/C25H25N9O2/c1-36-20-9-19-15(12-31-32-19)8-17(20)25(35)28-11-14-6-7-18(27-10-14)22-21-23(26)29-13-30-24(21)34(33-22)16-4-2-3-5-16/h6-10,12-13,16H,2-5,11H2,1H3,(H,28,35)(H,31,32)(H2,26,29,30). The molecule has 1 aliphatic carbocycles. The number of pyridine rings is 1. The van der Waals surface area contributed by atoms with Crippen molar-refractivity contribution in [3.63, 3.8) is 0 Å². The van der Waals surface area contributed by atoms with Gasteiger partial charge >= 0.3 is 0 Å². The number of aromatic nitrogens is 7. The molecule has 0 spiro atoms. The summed E-state index contributed by atoms with van der Waals surface area (Å²) in [6.07, 6.45) is 9.39. The van der Waals surface area contributed by atoms with Gasteiger partial charge in [0.2, 0.25) is 0 Å². The number of nitrogen functional groups attached to an aromatic ring is 1. The molecule has 1 amide bonds. The molecule has 4 heterocycles. The molecule has 0 unspecified atom stereocenters. The Morgan fingerprint density at radius 3 is 2.83 bits per heavy atom. The van der Waals surface area contributed by atoms with Crippen LogP contribution in [0.5, 0.6) is 5.75 Å². The van der Waals surface area contributed by atoms with E-state index in [1.807, 2.05) is 16.8 Å². The average Bonchev–Trinajstić information content (AvgIpc) is 3.66. The highest BCUT2D eigenvalue weighted by molar-refractivity contribution is 6.01. The number of hydrogen-bond donors (Lipinski definition) is 3. The number of fused-ring (bicyclic) bond motifs is 2. The SMILES string of the molecule is COc1cc2[nH]ncc2cc1C(=O)NCc1ccc(-c2nn(C3CCCC3)c3ncnc(N)c23)nc1. The third-order valence-corrected chi connectivity index (χ3v) is 6.71. The molecular weight excluding hydrogens is 458 g/mol. The van der Waals surface area contributed by atoms with Gasteiger partial charge in [-0.1, -0.05) is 18.9 Å². The van der Waals surface area contributed by atoms with Crippen molar-refractivity contribution in [1.29, 1.82) is 0 Å². The predicted molar refractivity (Wildman–Crippen MR) is 134 cm³/mol. The van der Waals surface area contributed by atoms with E-state index in [1.165, 1.54) is 26.3 Å². The van der Waals surface area contributed by atoms with Crippen molar-refractivity contribution in [2.75, 3.05) is 12.8 Å². The fraction of sp³-hybridized carbons (Fsp3) is 0.280. The molecule has 0 radical (unpaired) electrons. The van der Waals surface area contributed by atoms with E-state index in [1.54, 1.807) is 24.5 Å². The number of ether oxygens (including phenoxy) is 1. The van der Waals surface area contributed by atoms with Crippen molar-refractivity contribution in [3.05, 3.63) is 54.1 Å². The molecule has 182 valence electrons. The molecule has 36 heavy (non-hydrogen) atoms. The number of amides is 1. The predicted octanol–water partition coefficient (Wildman–Crippen LogP) is 3.40. The summed E-state index contributed by atoms with van der Waals surface area (Å²) in [4.78, 5) is 26.2. The minimum absolute atomic E-state index is 0.245. The van der Waals surface area contributed by atoms with E-state index in [0.29, 0.717) is 41.1 Å². The lowest BCUT2D eigenvalue weighted by atomic mass is 10.1. The van der Waals surface area contributed by atoms with Gasteiger partial charge in [0.25, 0.3) is 5.91 Å². The van der Waals surface area contributed by atoms with Gasteiger partial charge in [-0.2, -0.15) is 10.2 Å². The zero-order valence-corrected chi connectivity index (χ0v) is 19.7. The first-order valence-electron chi connectivity index (χ1n) is 11.9. The number of nitrogens with two attached hydrogens (primary N) is 1. The van der Waals surface area contributed by atoms with Crippen molar-refractivity contribution in [2.24, 2.45) is 0 Å². The number of H-pyrrole nitrogens is 1. The third-order valence-electron chi connectivity index (χ3n) is 6.71. The number of methoxy groups -OCH3 is 1. The quantitative estimate of drug-likeness (QED) is 0.333. The maximum Gasteiger partial charge on any atom is 0.255 e. The van der Waals surface area contributed by atoms with Gasteiger partial charge in [-0.15, -0.1) is 0 Å². The Bertz CT molecular complexity index is 1570. The molecule has 1 aromatic carbocycles. The van der Waals surface area contributed by atoms with Gasteiger partial charge < -0.3 is 15.8 Å². The number of anilines is 1. The Hall–Kier alpha value is -4.54. The zero-order chi connectivity index (χ0) is 24.6. The molecule has 11 heteroatoms. The Balaban J connectivity index is 1.24. The van der Waals surface area contributed by atoms with Crippen LogP contribution in [0.3, 0.4) is 0 Å². The average molecular weight is 484 g/mol. The Morgan fingerprint density at radius 2 is 2.06 bits per heavy atom. The van der Waals surface area contributed by atoms with Crippen LogP contribution in [-0.4, -0.2) is 47.9 Å². The number of nitrogens with one attached hydrogen (secondary N) is 2. The summed E-state index contributed by atoms with van der Waals surface area (Å²) in [5, 5.41) is 16.2. The first-order chi connectivity index (χ1) is 17.6. The highest BCUT2D eigenvalue weighted by Crippen LogP contribution is 2.36. The zero-order valence-electron chi connectivity index (χ0n) is 19.7. The van der Waals surface area contributed by atoms with Gasteiger partial charge in [-0.25, -0.2) is 14.6 Å². The van der Waals surface area contributed by atoms with E-state index in [2.05, 4.69) is 30.5 Å². The van der Waals surface area contributed by atoms with Gasteiger partial charge in [-0.05, 0) is 30.5 Å². The molecule has 0 bridgehead atoms. The lowest BCUT2D eigenvalue weighted by Gasteiger charge is -2.10. The van der Waals surface area contributed by atoms with Crippen molar-refractivity contribution < 1.29 is 9.53 Å². The van der Waals surface area contributed by atoms with Crippen molar-refractivity contribution in [1.82, 2.24) is 40.2 Å². The highest BCUT2D eigenvalue weighted by atomic mass is 16.5. The second-order valence-corrected chi connectivity index (χ2v) is 8.93. The third kappa shape index (κ3) is 3.78. The summed E-state index contributed by atoms with van der Waals surface area (Å²) >= 11 is 0. The normalized spacial score (nSPS) is 14.0. The summed E-state index contributed by atoms with van der Waals surface area (Å²) in [5.74, 6) is 0.619. The number of aromatic amines is 1. The first-order valence-corrected chi connectivity index (χ1v) is 11.9. The van der Waals surface area contributed by atoms with E-state index >= 15 is 0 Å². The minimum Gasteiger partial charge on any atom is -0.496 e. The number of benzene rings is 1. The maximum atomic E-state index is 12.9. The smallest absolute Gasteiger partial charge is 0.255 e. The van der Waals surface area contributed by atoms with Crippen molar-refractivity contribution in [2.45, 2.75) is 38.3 Å². The van der Waals surface area contributed by atoms with Crippen LogP contribution in [0.1, 0.15) is 47.6 Å². The summed E-state index contributed by atoms with van der Waals surface area (Å²) in [5.41, 5.74) is 10.4. The molecule has 1 aliphatic rings. The second kappa shape index (κ2) is 8.91. The van der Waals surface area contributed by atoms with Crippen LogP contribution in [0, 0.1) is 0 Å². The lowest BCUT2D eigenvalue weighted by molar-refractivity contribution is 0.0948. The lowest BCUT2D eigenvalue weighted by Crippen LogP contribution is -2.23. The van der Waals surface area contributed by atoms with Gasteiger partial charge in [0.15, 0.2) is 5.65 Å². The largest absolute Gasteiger partial charge is 0.496 e. The number of hydrogen-bond acceptors (Lipinski definition) is 8. The van der Waals surface area contributed by atoms with E-state index in [9.17, 15) is 4.79 Å². The van der Waals surface area contributed by atoms with E-state index in [4.69, 9.17) is 15.6 Å². The Labute approximate surface area is 206 Å². The topological polar surface area (TPSA) is 150 Å². The number of nitrogens with zero attached hydrogens (tertiary/aromatic N) is 6. The van der Waals surface area contributed by atoms with Crippen molar-refractivity contribution >= 4 is 33.7 Å². The van der Waals surface area contributed by atoms with Crippen LogP contribution >= 0.6 is 0 Å². The number of carbonyl (C=O) groups excluding carboxylic acids is 1. The molecule has 4 N–H and O–H groups in total. The molecule has 5 aromatic rings. The van der Waals surface area contributed by atoms with Crippen LogP contribution in [-0.2, 0) is 6.54 Å². The van der Waals surface area contributed by atoms with Crippen LogP contribution in [0.25, 0.3) is 33.3 Å².